The van der Waals surface area contributed by atoms with E-state index in [1.165, 1.54) is 66.4 Å². The first-order valence-electron chi connectivity index (χ1n) is 18.7. The summed E-state index contributed by atoms with van der Waals surface area (Å²) in [5.74, 6) is 0. The summed E-state index contributed by atoms with van der Waals surface area (Å²) in [7, 11) is 0. The number of nitrogens with zero attached hydrogens (tertiary/aromatic N) is 1. The van der Waals surface area contributed by atoms with Crippen LogP contribution in [0.1, 0.15) is 22.3 Å². The molecule has 1 aliphatic rings. The third kappa shape index (κ3) is 5.09. The van der Waals surface area contributed by atoms with E-state index in [0.29, 0.717) is 0 Å². The smallest absolute Gasteiger partial charge is 0.0714 e. The van der Waals surface area contributed by atoms with Crippen LogP contribution >= 0.6 is 0 Å². The van der Waals surface area contributed by atoms with Gasteiger partial charge < -0.3 is 4.90 Å². The number of fused-ring (bicyclic) bond motifs is 4. The molecular weight excluding hydrogens is 651 g/mol. The van der Waals surface area contributed by atoms with Crippen LogP contribution in [0.25, 0.3) is 44.2 Å². The maximum atomic E-state index is 2.44. The normalized spacial score (nSPS) is 12.6. The van der Waals surface area contributed by atoms with Crippen LogP contribution in [0.15, 0.2) is 224 Å². The van der Waals surface area contributed by atoms with Gasteiger partial charge in [0, 0.05) is 16.9 Å². The first-order chi connectivity index (χ1) is 26.8. The number of rotatable bonds is 7. The van der Waals surface area contributed by atoms with Gasteiger partial charge >= 0.3 is 0 Å². The fourth-order valence-electron chi connectivity index (χ4n) is 8.83. The molecule has 0 N–H and O–H groups in total. The minimum Gasteiger partial charge on any atom is -0.310 e. The molecule has 0 heterocycles. The lowest BCUT2D eigenvalue weighted by atomic mass is 9.68. The molecule has 0 saturated heterocycles. The predicted molar refractivity (Wildman–Crippen MR) is 227 cm³/mol. The molecular formula is C53H37N. The highest BCUT2D eigenvalue weighted by atomic mass is 15.1. The Labute approximate surface area is 317 Å². The Bertz CT molecular complexity index is 2720. The van der Waals surface area contributed by atoms with Crippen LogP contribution < -0.4 is 4.90 Å². The van der Waals surface area contributed by atoms with Crippen molar-refractivity contribution >= 4 is 27.8 Å². The molecule has 254 valence electrons. The summed E-state index contributed by atoms with van der Waals surface area (Å²) >= 11 is 0. The fourth-order valence-corrected chi connectivity index (χ4v) is 8.83. The quantitative estimate of drug-likeness (QED) is 0.161. The largest absolute Gasteiger partial charge is 0.310 e. The molecule has 0 aliphatic heterocycles. The van der Waals surface area contributed by atoms with Gasteiger partial charge in [0.1, 0.15) is 0 Å². The Morgan fingerprint density at radius 3 is 1.63 bits per heavy atom. The molecule has 10 rings (SSSR count). The van der Waals surface area contributed by atoms with Gasteiger partial charge in [-0.15, -0.1) is 0 Å². The fraction of sp³-hybridized carbons (Fsp3) is 0.0189. The van der Waals surface area contributed by atoms with Gasteiger partial charge in [-0.2, -0.15) is 0 Å². The van der Waals surface area contributed by atoms with Crippen LogP contribution in [-0.2, 0) is 5.41 Å². The van der Waals surface area contributed by atoms with Gasteiger partial charge in [0.25, 0.3) is 0 Å². The molecule has 1 aliphatic carbocycles. The zero-order valence-electron chi connectivity index (χ0n) is 29.8. The Morgan fingerprint density at radius 2 is 0.852 bits per heavy atom. The molecule has 9 aromatic carbocycles. The first-order valence-corrected chi connectivity index (χ1v) is 18.7. The zero-order chi connectivity index (χ0) is 35.9. The Morgan fingerprint density at radius 1 is 0.333 bits per heavy atom. The van der Waals surface area contributed by atoms with Crippen molar-refractivity contribution in [2.75, 3.05) is 4.90 Å². The minimum atomic E-state index is -0.475. The van der Waals surface area contributed by atoms with Crippen molar-refractivity contribution in [1.82, 2.24) is 0 Å². The second-order valence-corrected chi connectivity index (χ2v) is 14.1. The second-order valence-electron chi connectivity index (χ2n) is 14.1. The van der Waals surface area contributed by atoms with Crippen molar-refractivity contribution in [2.45, 2.75) is 5.41 Å². The Balaban J connectivity index is 1.18. The molecule has 0 unspecified atom stereocenters. The molecule has 0 fully saturated rings. The van der Waals surface area contributed by atoms with Crippen LogP contribution in [0.3, 0.4) is 0 Å². The summed E-state index contributed by atoms with van der Waals surface area (Å²) < 4.78 is 0. The van der Waals surface area contributed by atoms with Crippen LogP contribution in [0.2, 0.25) is 0 Å². The lowest BCUT2D eigenvalue weighted by molar-refractivity contribution is 0.768. The average molecular weight is 688 g/mol. The first kappa shape index (κ1) is 31.7. The van der Waals surface area contributed by atoms with Gasteiger partial charge in [0.15, 0.2) is 0 Å². The molecule has 0 aromatic heterocycles. The minimum absolute atomic E-state index is 0.475. The molecule has 1 heteroatoms. The van der Waals surface area contributed by atoms with Crippen molar-refractivity contribution < 1.29 is 0 Å². The van der Waals surface area contributed by atoms with Crippen LogP contribution in [0.4, 0.5) is 17.1 Å². The molecule has 0 spiro atoms. The third-order valence-electron chi connectivity index (χ3n) is 11.1. The van der Waals surface area contributed by atoms with E-state index in [1.807, 2.05) is 0 Å². The summed E-state index contributed by atoms with van der Waals surface area (Å²) in [4.78, 5) is 2.44. The molecule has 0 atom stereocenters. The molecule has 0 saturated carbocycles. The van der Waals surface area contributed by atoms with Gasteiger partial charge in [0.05, 0.1) is 11.1 Å². The monoisotopic (exact) mass is 687 g/mol. The average Bonchev–Trinajstić information content (AvgIpc) is 3.56. The van der Waals surface area contributed by atoms with Crippen molar-refractivity contribution in [3.05, 3.63) is 247 Å². The zero-order valence-corrected chi connectivity index (χ0v) is 29.8. The standard InChI is InChI=1S/C53H37N/c1-4-23-42(24-5-1)53(43-25-6-2-7-26-43)49-33-13-12-31-48(49)52-50(53)34-17-35-51(52)54(44-27-8-3-9-28-44)45-29-15-21-40(37-45)39-20-14-22-41(36-39)47-32-16-19-38-18-10-11-30-46(38)47/h1-37H. The van der Waals surface area contributed by atoms with E-state index in [9.17, 15) is 0 Å². The summed E-state index contributed by atoms with van der Waals surface area (Å²) in [5.41, 5.74) is 15.4. The molecule has 0 bridgehead atoms. The second kappa shape index (κ2) is 13.2. The van der Waals surface area contributed by atoms with Crippen molar-refractivity contribution in [3.63, 3.8) is 0 Å². The summed E-state index contributed by atoms with van der Waals surface area (Å²) in [6.45, 7) is 0. The number of anilines is 3. The summed E-state index contributed by atoms with van der Waals surface area (Å²) in [6, 6.07) is 81.9. The van der Waals surface area contributed by atoms with Gasteiger partial charge in [-0.25, -0.2) is 0 Å². The van der Waals surface area contributed by atoms with Crippen molar-refractivity contribution in [3.8, 4) is 33.4 Å². The molecule has 0 radical (unpaired) electrons. The van der Waals surface area contributed by atoms with Gasteiger partial charge in [-0.05, 0) is 97.2 Å². The van der Waals surface area contributed by atoms with Gasteiger partial charge in [-0.1, -0.05) is 188 Å². The number of benzene rings is 9. The Kier molecular flexibility index (Phi) is 7.78. The molecule has 1 nitrogen and oxygen atoms in total. The van der Waals surface area contributed by atoms with E-state index in [1.54, 1.807) is 0 Å². The van der Waals surface area contributed by atoms with Crippen molar-refractivity contribution in [1.29, 1.82) is 0 Å². The van der Waals surface area contributed by atoms with Crippen molar-refractivity contribution in [2.24, 2.45) is 0 Å². The van der Waals surface area contributed by atoms with Gasteiger partial charge in [0.2, 0.25) is 0 Å². The SMILES string of the molecule is c1ccc(N(c2cccc(-c3cccc(-c4cccc5ccccc45)c3)c2)c2cccc3c2-c2ccccc2C3(c2ccccc2)c2ccccc2)cc1. The number of hydrogen-bond donors (Lipinski definition) is 0. The summed E-state index contributed by atoms with van der Waals surface area (Å²) in [6.07, 6.45) is 0. The van der Waals surface area contributed by atoms with Crippen LogP contribution in [-0.4, -0.2) is 0 Å². The predicted octanol–water partition coefficient (Wildman–Crippen LogP) is 14.0. The topological polar surface area (TPSA) is 3.24 Å². The van der Waals surface area contributed by atoms with E-state index >= 15 is 0 Å². The van der Waals surface area contributed by atoms with Gasteiger partial charge in [-0.3, -0.25) is 0 Å². The Hall–Kier alpha value is -6.96. The lowest BCUT2D eigenvalue weighted by Gasteiger charge is -2.34. The maximum absolute atomic E-state index is 2.44. The number of para-hydroxylation sites is 1. The highest BCUT2D eigenvalue weighted by Crippen LogP contribution is 2.59. The molecule has 54 heavy (non-hydrogen) atoms. The van der Waals surface area contributed by atoms with Crippen LogP contribution in [0.5, 0.6) is 0 Å². The van der Waals surface area contributed by atoms with E-state index in [-0.39, 0.29) is 0 Å². The van der Waals surface area contributed by atoms with Crippen LogP contribution in [0, 0.1) is 0 Å². The number of hydrogen-bond acceptors (Lipinski definition) is 1. The van der Waals surface area contributed by atoms with E-state index < -0.39 is 5.41 Å². The molecule has 0 amide bonds. The molecule has 9 aromatic rings. The van der Waals surface area contributed by atoms with E-state index in [0.717, 1.165) is 17.1 Å². The van der Waals surface area contributed by atoms with E-state index in [4.69, 9.17) is 0 Å². The maximum Gasteiger partial charge on any atom is 0.0714 e. The highest BCUT2D eigenvalue weighted by molar-refractivity contribution is 5.99. The third-order valence-corrected chi connectivity index (χ3v) is 11.1. The highest BCUT2D eigenvalue weighted by Gasteiger charge is 2.47. The lowest BCUT2D eigenvalue weighted by Crippen LogP contribution is -2.28. The van der Waals surface area contributed by atoms with E-state index in [2.05, 4.69) is 229 Å². The summed E-state index contributed by atoms with van der Waals surface area (Å²) in [5, 5.41) is 2.52.